The molecule has 0 radical (unpaired) electrons. The second kappa shape index (κ2) is 4.86. The number of carbonyl (C=O) groups is 1. The lowest BCUT2D eigenvalue weighted by Gasteiger charge is -2.14. The van der Waals surface area contributed by atoms with Gasteiger partial charge in [-0.05, 0) is 25.1 Å². The van der Waals surface area contributed by atoms with Crippen molar-refractivity contribution in [3.63, 3.8) is 0 Å². The predicted molar refractivity (Wildman–Crippen MR) is 56.3 cm³/mol. The van der Waals surface area contributed by atoms with Crippen molar-refractivity contribution in [2.24, 2.45) is 0 Å². The van der Waals surface area contributed by atoms with Crippen LogP contribution in [-0.4, -0.2) is 12.2 Å². The maximum absolute atomic E-state index is 10.6. The van der Waals surface area contributed by atoms with Crippen molar-refractivity contribution in [1.82, 2.24) is 0 Å². The van der Waals surface area contributed by atoms with Gasteiger partial charge in [0.15, 0.2) is 6.23 Å². The molecule has 1 rings (SSSR count). The summed E-state index contributed by atoms with van der Waals surface area (Å²) < 4.78 is 4.90. The molecule has 1 aromatic carbocycles. The summed E-state index contributed by atoms with van der Waals surface area (Å²) in [6, 6.07) is 7.22. The Bertz CT molecular complexity index is 328. The number of benzene rings is 1. The van der Waals surface area contributed by atoms with E-state index in [-0.39, 0.29) is 12.2 Å². The number of halogens is 1. The molecule has 0 aliphatic carbocycles. The summed E-state index contributed by atoms with van der Waals surface area (Å²) in [7, 11) is 0. The van der Waals surface area contributed by atoms with Gasteiger partial charge in [0, 0.05) is 17.6 Å². The van der Waals surface area contributed by atoms with Crippen molar-refractivity contribution in [2.75, 3.05) is 5.32 Å². The smallest absolute Gasteiger partial charge is 0.304 e. The number of ether oxygens (including phenoxy) is 1. The molecular weight excluding hydrogens is 202 g/mol. The lowest BCUT2D eigenvalue weighted by atomic mass is 10.3. The van der Waals surface area contributed by atoms with Gasteiger partial charge in [-0.2, -0.15) is 0 Å². The monoisotopic (exact) mass is 213 g/mol. The molecule has 0 saturated carbocycles. The molecule has 0 amide bonds. The van der Waals surface area contributed by atoms with Crippen molar-refractivity contribution in [3.8, 4) is 0 Å². The third-order valence-corrected chi connectivity index (χ3v) is 1.77. The maximum Gasteiger partial charge on any atom is 0.304 e. The Balaban J connectivity index is 2.55. The zero-order valence-corrected chi connectivity index (χ0v) is 8.84. The third kappa shape index (κ3) is 3.66. The third-order valence-electron chi connectivity index (χ3n) is 1.54. The minimum Gasteiger partial charge on any atom is -0.442 e. The Labute approximate surface area is 88.0 Å². The number of nitrogens with one attached hydrogen (secondary N) is 1. The van der Waals surface area contributed by atoms with E-state index in [1.54, 1.807) is 19.1 Å². The largest absolute Gasteiger partial charge is 0.442 e. The molecule has 0 aromatic heterocycles. The zero-order valence-electron chi connectivity index (χ0n) is 8.08. The molecule has 0 spiro atoms. The quantitative estimate of drug-likeness (QED) is 0.620. The molecule has 1 unspecified atom stereocenters. The van der Waals surface area contributed by atoms with Crippen LogP contribution in [0.2, 0.25) is 5.02 Å². The second-order valence-electron chi connectivity index (χ2n) is 2.91. The molecule has 1 atom stereocenters. The first-order chi connectivity index (χ1) is 6.58. The Hall–Kier alpha value is -1.22. The first kappa shape index (κ1) is 10.9. The van der Waals surface area contributed by atoms with E-state index in [0.717, 1.165) is 5.69 Å². The van der Waals surface area contributed by atoms with Crippen LogP contribution in [0.5, 0.6) is 0 Å². The molecular formula is C10H12ClNO2. The minimum absolute atomic E-state index is 0.313. The second-order valence-corrected chi connectivity index (χ2v) is 3.34. The van der Waals surface area contributed by atoms with Crippen molar-refractivity contribution in [3.05, 3.63) is 29.3 Å². The predicted octanol–water partition coefficient (Wildman–Crippen LogP) is 2.66. The molecule has 1 N–H and O–H groups in total. The summed E-state index contributed by atoms with van der Waals surface area (Å²) in [5.74, 6) is -0.313. The van der Waals surface area contributed by atoms with Gasteiger partial charge in [0.1, 0.15) is 0 Å². The standard InChI is InChI=1S/C10H12ClNO2/c1-7(14-8(2)13)12-10-5-3-4-9(11)6-10/h3-7,12H,1-2H3. The average molecular weight is 214 g/mol. The fraction of sp³-hybridized carbons (Fsp3) is 0.300. The van der Waals surface area contributed by atoms with E-state index in [0.29, 0.717) is 5.02 Å². The number of hydrogen-bond acceptors (Lipinski definition) is 3. The topological polar surface area (TPSA) is 38.3 Å². The van der Waals surface area contributed by atoms with E-state index in [1.165, 1.54) is 6.92 Å². The Morgan fingerprint density at radius 1 is 1.57 bits per heavy atom. The van der Waals surface area contributed by atoms with Crippen molar-refractivity contribution in [2.45, 2.75) is 20.1 Å². The van der Waals surface area contributed by atoms with Crippen LogP contribution in [0.3, 0.4) is 0 Å². The summed E-state index contributed by atoms with van der Waals surface area (Å²) in [5.41, 5.74) is 0.825. The Kier molecular flexibility index (Phi) is 3.77. The van der Waals surface area contributed by atoms with Crippen LogP contribution >= 0.6 is 11.6 Å². The SMILES string of the molecule is CC(=O)OC(C)Nc1cccc(Cl)c1. The molecule has 0 bridgehead atoms. The highest BCUT2D eigenvalue weighted by Crippen LogP contribution is 2.15. The van der Waals surface area contributed by atoms with Crippen molar-refractivity contribution >= 4 is 23.3 Å². The van der Waals surface area contributed by atoms with Crippen LogP contribution in [0, 0.1) is 0 Å². The highest BCUT2D eigenvalue weighted by molar-refractivity contribution is 6.30. The fourth-order valence-electron chi connectivity index (χ4n) is 1.09. The van der Waals surface area contributed by atoms with Crippen LogP contribution < -0.4 is 5.32 Å². The van der Waals surface area contributed by atoms with E-state index < -0.39 is 0 Å². The van der Waals surface area contributed by atoms with Gasteiger partial charge in [0.25, 0.3) is 0 Å². The van der Waals surface area contributed by atoms with Gasteiger partial charge in [0.2, 0.25) is 0 Å². The number of carbonyl (C=O) groups excluding carboxylic acids is 1. The summed E-state index contributed by atoms with van der Waals surface area (Å²) in [4.78, 5) is 10.6. The highest BCUT2D eigenvalue weighted by atomic mass is 35.5. The Morgan fingerprint density at radius 3 is 2.86 bits per heavy atom. The molecule has 0 heterocycles. The van der Waals surface area contributed by atoms with Crippen LogP contribution in [0.1, 0.15) is 13.8 Å². The highest BCUT2D eigenvalue weighted by Gasteiger charge is 2.04. The van der Waals surface area contributed by atoms with Gasteiger partial charge in [-0.3, -0.25) is 4.79 Å². The van der Waals surface area contributed by atoms with Crippen LogP contribution in [-0.2, 0) is 9.53 Å². The number of rotatable bonds is 3. The van der Waals surface area contributed by atoms with Crippen LogP contribution in [0.25, 0.3) is 0 Å². The lowest BCUT2D eigenvalue weighted by Crippen LogP contribution is -2.21. The van der Waals surface area contributed by atoms with Gasteiger partial charge in [-0.25, -0.2) is 0 Å². The van der Waals surface area contributed by atoms with E-state index >= 15 is 0 Å². The molecule has 14 heavy (non-hydrogen) atoms. The van der Waals surface area contributed by atoms with Gasteiger partial charge in [-0.1, -0.05) is 17.7 Å². The van der Waals surface area contributed by atoms with E-state index in [2.05, 4.69) is 5.32 Å². The summed E-state index contributed by atoms with van der Waals surface area (Å²) >= 11 is 5.79. The molecule has 1 aromatic rings. The molecule has 4 heteroatoms. The average Bonchev–Trinajstić information content (AvgIpc) is 2.01. The fourth-order valence-corrected chi connectivity index (χ4v) is 1.28. The number of esters is 1. The zero-order chi connectivity index (χ0) is 10.6. The molecule has 0 aliphatic heterocycles. The Morgan fingerprint density at radius 2 is 2.29 bits per heavy atom. The molecule has 76 valence electrons. The summed E-state index contributed by atoms with van der Waals surface area (Å²) in [5, 5.41) is 3.63. The van der Waals surface area contributed by atoms with Crippen molar-refractivity contribution < 1.29 is 9.53 Å². The van der Waals surface area contributed by atoms with Gasteiger partial charge < -0.3 is 10.1 Å². The van der Waals surface area contributed by atoms with E-state index in [4.69, 9.17) is 16.3 Å². The van der Waals surface area contributed by atoms with Crippen LogP contribution in [0.15, 0.2) is 24.3 Å². The lowest BCUT2D eigenvalue weighted by molar-refractivity contribution is -0.144. The first-order valence-electron chi connectivity index (χ1n) is 4.27. The molecule has 3 nitrogen and oxygen atoms in total. The van der Waals surface area contributed by atoms with Gasteiger partial charge >= 0.3 is 5.97 Å². The first-order valence-corrected chi connectivity index (χ1v) is 4.65. The summed E-state index contributed by atoms with van der Waals surface area (Å²) in [6.07, 6.45) is -0.356. The normalized spacial score (nSPS) is 11.9. The van der Waals surface area contributed by atoms with Gasteiger partial charge in [-0.15, -0.1) is 0 Å². The molecule has 0 aliphatic rings. The number of hydrogen-bond donors (Lipinski definition) is 1. The van der Waals surface area contributed by atoms with E-state index in [1.807, 2.05) is 12.1 Å². The molecule has 0 saturated heterocycles. The molecule has 0 fully saturated rings. The van der Waals surface area contributed by atoms with Crippen molar-refractivity contribution in [1.29, 1.82) is 0 Å². The number of anilines is 1. The van der Waals surface area contributed by atoms with Gasteiger partial charge in [0.05, 0.1) is 0 Å². The van der Waals surface area contributed by atoms with Crippen LogP contribution in [0.4, 0.5) is 5.69 Å². The summed E-state index contributed by atoms with van der Waals surface area (Å²) in [6.45, 7) is 3.12. The minimum atomic E-state index is -0.356. The maximum atomic E-state index is 10.6. The van der Waals surface area contributed by atoms with E-state index in [9.17, 15) is 4.79 Å².